The van der Waals surface area contributed by atoms with Gasteiger partial charge in [0.2, 0.25) is 5.91 Å². The molecule has 11 heteroatoms. The molecule has 0 fully saturated rings. The van der Waals surface area contributed by atoms with E-state index in [1.807, 2.05) is 18.2 Å². The minimum atomic E-state index is -1.04. The first-order chi connectivity index (χ1) is 17.4. The Bertz CT molecular complexity index is 1180. The predicted molar refractivity (Wildman–Crippen MR) is 133 cm³/mol. The number of nitrogens with two attached hydrogens (primary N) is 1. The summed E-state index contributed by atoms with van der Waals surface area (Å²) in [6.07, 6.45) is 3.29. The fourth-order valence-electron chi connectivity index (χ4n) is 3.37. The Morgan fingerprint density at radius 1 is 1.03 bits per heavy atom. The van der Waals surface area contributed by atoms with Gasteiger partial charge in [0, 0.05) is 36.1 Å². The maximum Gasteiger partial charge on any atom is 0.267 e. The lowest BCUT2D eigenvalue weighted by molar-refractivity contribution is -0.130. The smallest absolute Gasteiger partial charge is 0.267 e. The maximum atomic E-state index is 12.3. The largest absolute Gasteiger partial charge is 0.495 e. The second kappa shape index (κ2) is 13.0. The number of hydrogen-bond donors (Lipinski definition) is 6. The number of carbonyl (C=O) groups excluding carboxylic acids is 3. The van der Waals surface area contributed by atoms with Crippen molar-refractivity contribution in [2.24, 2.45) is 5.73 Å². The van der Waals surface area contributed by atoms with E-state index in [2.05, 4.69) is 20.9 Å². The molecule has 36 heavy (non-hydrogen) atoms. The minimum Gasteiger partial charge on any atom is -0.495 e. The van der Waals surface area contributed by atoms with Crippen LogP contribution in [0.5, 0.6) is 5.75 Å². The lowest BCUT2D eigenvalue weighted by Crippen LogP contribution is -2.50. The van der Waals surface area contributed by atoms with Crippen LogP contribution in [0.15, 0.2) is 67.0 Å². The van der Waals surface area contributed by atoms with E-state index in [4.69, 9.17) is 15.7 Å². The van der Waals surface area contributed by atoms with Crippen molar-refractivity contribution in [3.05, 3.63) is 78.1 Å². The molecule has 1 heterocycles. The van der Waals surface area contributed by atoms with Gasteiger partial charge in [-0.15, -0.1) is 0 Å². The third kappa shape index (κ3) is 7.09. The quantitative estimate of drug-likeness (QED) is 0.171. The molecule has 7 N–H and O–H groups in total. The zero-order valence-corrected chi connectivity index (χ0v) is 19.7. The third-order valence-electron chi connectivity index (χ3n) is 5.31. The molecule has 3 rings (SSSR count). The van der Waals surface area contributed by atoms with Crippen LogP contribution in [-0.2, 0) is 16.1 Å². The van der Waals surface area contributed by atoms with Gasteiger partial charge in [-0.1, -0.05) is 24.3 Å². The SMILES string of the molecule is COc1cnccc1CNCC(=O)Nc1ccc(-c2ccc(C(=O)N[C@@H](CN)C(=O)NO)cc2)cc1. The molecular weight excluding hydrogens is 464 g/mol. The Morgan fingerprint density at radius 2 is 1.69 bits per heavy atom. The molecule has 0 aliphatic rings. The molecule has 0 aliphatic heterocycles. The second-order valence-electron chi connectivity index (χ2n) is 7.73. The molecule has 11 nitrogen and oxygen atoms in total. The van der Waals surface area contributed by atoms with E-state index in [0.717, 1.165) is 16.7 Å². The van der Waals surface area contributed by atoms with Crippen molar-refractivity contribution >= 4 is 23.4 Å². The molecule has 0 spiro atoms. The number of nitrogens with one attached hydrogen (secondary N) is 4. The van der Waals surface area contributed by atoms with E-state index in [0.29, 0.717) is 23.5 Å². The number of rotatable bonds is 11. The molecule has 1 atom stereocenters. The van der Waals surface area contributed by atoms with Crippen LogP contribution in [0.2, 0.25) is 0 Å². The summed E-state index contributed by atoms with van der Waals surface area (Å²) in [5, 5.41) is 17.1. The molecule has 3 amide bonds. The van der Waals surface area contributed by atoms with Crippen molar-refractivity contribution < 1.29 is 24.3 Å². The number of benzene rings is 2. The van der Waals surface area contributed by atoms with E-state index in [1.165, 1.54) is 5.48 Å². The van der Waals surface area contributed by atoms with Crippen LogP contribution in [0.4, 0.5) is 5.69 Å². The highest BCUT2D eigenvalue weighted by Gasteiger charge is 2.19. The summed E-state index contributed by atoms with van der Waals surface area (Å²) in [6.45, 7) is 0.434. The number of hydroxylamine groups is 1. The predicted octanol–water partition coefficient (Wildman–Crippen LogP) is 1.05. The molecular formula is C25H28N6O5. The number of carbonyl (C=O) groups is 3. The number of ether oxygens (including phenoxy) is 1. The lowest BCUT2D eigenvalue weighted by atomic mass is 10.0. The van der Waals surface area contributed by atoms with Gasteiger partial charge in [0.15, 0.2) is 0 Å². The fourth-order valence-corrected chi connectivity index (χ4v) is 3.37. The van der Waals surface area contributed by atoms with Crippen molar-refractivity contribution in [1.29, 1.82) is 0 Å². The van der Waals surface area contributed by atoms with Gasteiger partial charge in [0.25, 0.3) is 11.8 Å². The Morgan fingerprint density at radius 3 is 2.31 bits per heavy atom. The Labute approximate surface area is 208 Å². The Kier molecular flexibility index (Phi) is 9.46. The molecule has 0 bridgehead atoms. The summed E-state index contributed by atoms with van der Waals surface area (Å²) < 4.78 is 5.25. The molecule has 3 aromatic rings. The average Bonchev–Trinajstić information content (AvgIpc) is 2.92. The van der Waals surface area contributed by atoms with E-state index in [1.54, 1.807) is 55.9 Å². The highest BCUT2D eigenvalue weighted by Crippen LogP contribution is 2.22. The van der Waals surface area contributed by atoms with Crippen LogP contribution in [-0.4, -0.2) is 54.2 Å². The molecule has 188 valence electrons. The monoisotopic (exact) mass is 492 g/mol. The van der Waals surface area contributed by atoms with Crippen LogP contribution < -0.4 is 31.9 Å². The number of hydrogen-bond acceptors (Lipinski definition) is 8. The second-order valence-corrected chi connectivity index (χ2v) is 7.73. The van der Waals surface area contributed by atoms with Crippen molar-refractivity contribution in [1.82, 2.24) is 21.1 Å². The van der Waals surface area contributed by atoms with Crippen molar-refractivity contribution in [2.75, 3.05) is 25.5 Å². The van der Waals surface area contributed by atoms with Gasteiger partial charge in [-0.2, -0.15) is 0 Å². The van der Waals surface area contributed by atoms with Crippen LogP contribution in [0.1, 0.15) is 15.9 Å². The summed E-state index contributed by atoms with van der Waals surface area (Å²) >= 11 is 0. The van der Waals surface area contributed by atoms with Crippen LogP contribution in [0, 0.1) is 0 Å². The highest BCUT2D eigenvalue weighted by atomic mass is 16.5. The maximum absolute atomic E-state index is 12.3. The summed E-state index contributed by atoms with van der Waals surface area (Å²) in [5.74, 6) is -0.811. The molecule has 0 saturated heterocycles. The summed E-state index contributed by atoms with van der Waals surface area (Å²) in [6, 6.07) is 14.9. The molecule has 0 radical (unpaired) electrons. The first-order valence-electron chi connectivity index (χ1n) is 11.1. The van der Waals surface area contributed by atoms with Gasteiger partial charge >= 0.3 is 0 Å². The van der Waals surface area contributed by atoms with Crippen LogP contribution in [0.25, 0.3) is 11.1 Å². The first-order valence-corrected chi connectivity index (χ1v) is 11.1. The number of aromatic nitrogens is 1. The molecule has 0 saturated carbocycles. The number of anilines is 1. The van der Waals surface area contributed by atoms with Gasteiger partial charge in [-0.3, -0.25) is 24.6 Å². The van der Waals surface area contributed by atoms with Gasteiger partial charge in [-0.25, -0.2) is 5.48 Å². The first kappa shape index (κ1) is 26.3. The number of amides is 3. The van der Waals surface area contributed by atoms with E-state index in [9.17, 15) is 14.4 Å². The number of methoxy groups -OCH3 is 1. The lowest BCUT2D eigenvalue weighted by Gasteiger charge is -2.14. The molecule has 0 aliphatic carbocycles. The van der Waals surface area contributed by atoms with Crippen molar-refractivity contribution in [3.63, 3.8) is 0 Å². The number of nitrogens with zero attached hydrogens (tertiary/aromatic N) is 1. The van der Waals surface area contributed by atoms with Crippen molar-refractivity contribution in [2.45, 2.75) is 12.6 Å². The summed E-state index contributed by atoms with van der Waals surface area (Å²) in [5.41, 5.74) is 10.6. The van der Waals surface area contributed by atoms with Crippen molar-refractivity contribution in [3.8, 4) is 16.9 Å². The molecule has 2 aromatic carbocycles. The van der Waals surface area contributed by atoms with E-state index in [-0.39, 0.29) is 19.0 Å². The van der Waals surface area contributed by atoms with E-state index < -0.39 is 17.9 Å². The van der Waals surface area contributed by atoms with Gasteiger partial charge in [0.1, 0.15) is 11.8 Å². The third-order valence-corrected chi connectivity index (χ3v) is 5.31. The fraction of sp³-hybridized carbons (Fsp3) is 0.200. The number of pyridine rings is 1. The molecule has 0 unspecified atom stereocenters. The average molecular weight is 493 g/mol. The highest BCUT2D eigenvalue weighted by molar-refractivity contribution is 5.98. The van der Waals surface area contributed by atoms with Gasteiger partial charge < -0.3 is 26.4 Å². The van der Waals surface area contributed by atoms with Crippen LogP contribution >= 0.6 is 0 Å². The Hall–Kier alpha value is -4.32. The topological polar surface area (TPSA) is 168 Å². The summed E-state index contributed by atoms with van der Waals surface area (Å²) in [7, 11) is 1.57. The van der Waals surface area contributed by atoms with Gasteiger partial charge in [0.05, 0.1) is 19.9 Å². The Balaban J connectivity index is 1.52. The summed E-state index contributed by atoms with van der Waals surface area (Å²) in [4.78, 5) is 40.1. The van der Waals surface area contributed by atoms with Crippen LogP contribution in [0.3, 0.4) is 0 Å². The van der Waals surface area contributed by atoms with E-state index >= 15 is 0 Å². The van der Waals surface area contributed by atoms with Gasteiger partial charge in [-0.05, 0) is 41.5 Å². The molecule has 1 aromatic heterocycles. The normalized spacial score (nSPS) is 11.3. The zero-order chi connectivity index (χ0) is 25.9. The zero-order valence-electron chi connectivity index (χ0n) is 19.7. The standard InChI is InChI=1S/C25H28N6O5/c1-36-22-14-27-11-10-19(22)13-28-15-23(32)29-20-8-6-17(7-9-20)16-2-4-18(5-3-16)24(33)30-21(12-26)25(34)31-35/h2-11,14,21,28,35H,12-13,15,26H2,1H3,(H,29,32)(H,30,33)(H,31,34)/t21-/m0/s1. The minimum absolute atomic E-state index is 0.127.